The van der Waals surface area contributed by atoms with Gasteiger partial charge in [0.2, 0.25) is 0 Å². The van der Waals surface area contributed by atoms with Crippen molar-refractivity contribution in [2.45, 2.75) is 52.3 Å². The number of nitrogens with zero attached hydrogens (tertiary/aromatic N) is 1. The summed E-state index contributed by atoms with van der Waals surface area (Å²) in [6.07, 6.45) is 1.57. The third-order valence-electron chi connectivity index (χ3n) is 6.80. The highest BCUT2D eigenvalue weighted by molar-refractivity contribution is 6.03. The normalized spacial score (nSPS) is 15.4. The summed E-state index contributed by atoms with van der Waals surface area (Å²) in [7, 11) is 0. The average Bonchev–Trinajstić information content (AvgIpc) is 2.92. The molecule has 1 fully saturated rings. The summed E-state index contributed by atoms with van der Waals surface area (Å²) < 4.78 is 11.4. The molecule has 4 rings (SSSR count). The molecular formula is C30H37N3O4. The number of benzene rings is 3. The van der Waals surface area contributed by atoms with Gasteiger partial charge in [0.15, 0.2) is 0 Å². The van der Waals surface area contributed by atoms with Gasteiger partial charge in [0.05, 0.1) is 6.54 Å². The van der Waals surface area contributed by atoms with Crippen LogP contribution >= 0.6 is 0 Å². The molecule has 37 heavy (non-hydrogen) atoms. The molecule has 7 nitrogen and oxygen atoms in total. The van der Waals surface area contributed by atoms with Crippen molar-refractivity contribution < 1.29 is 19.1 Å². The van der Waals surface area contributed by atoms with E-state index in [-0.39, 0.29) is 37.7 Å². The topological polar surface area (TPSA) is 79.9 Å². The number of piperidine rings is 1. The van der Waals surface area contributed by atoms with Crippen molar-refractivity contribution in [2.24, 2.45) is 0 Å². The molecule has 0 radical (unpaired) electrons. The van der Waals surface area contributed by atoms with Gasteiger partial charge in [-0.3, -0.25) is 4.79 Å². The van der Waals surface area contributed by atoms with Crippen LogP contribution in [0, 0.1) is 6.92 Å². The van der Waals surface area contributed by atoms with Crippen molar-refractivity contribution in [3.8, 4) is 5.75 Å². The molecule has 0 bridgehead atoms. The van der Waals surface area contributed by atoms with E-state index >= 15 is 0 Å². The molecule has 7 heteroatoms. The van der Waals surface area contributed by atoms with Crippen molar-refractivity contribution >= 4 is 22.8 Å². The van der Waals surface area contributed by atoms with E-state index in [9.17, 15) is 9.59 Å². The summed E-state index contributed by atoms with van der Waals surface area (Å²) in [4.78, 5) is 28.0. The van der Waals surface area contributed by atoms with Gasteiger partial charge in [-0.2, -0.15) is 0 Å². The van der Waals surface area contributed by atoms with Crippen LogP contribution in [0.15, 0.2) is 60.7 Å². The largest absolute Gasteiger partial charge is 0.491 e. The molecule has 3 aromatic carbocycles. The number of aryl methyl sites for hydroxylation is 1. The Balaban J connectivity index is 1.46. The maximum atomic E-state index is 13.9. The quantitative estimate of drug-likeness (QED) is 0.399. The third kappa shape index (κ3) is 6.60. The number of fused-ring (bicyclic) bond motifs is 1. The summed E-state index contributed by atoms with van der Waals surface area (Å²) in [5.41, 5.74) is 2.53. The Kier molecular flexibility index (Phi) is 9.01. The average molecular weight is 504 g/mol. The molecule has 1 saturated heterocycles. The Labute approximate surface area is 219 Å². The zero-order valence-corrected chi connectivity index (χ0v) is 22.0. The highest BCUT2D eigenvalue weighted by Gasteiger charge is 2.30. The van der Waals surface area contributed by atoms with E-state index < -0.39 is 6.09 Å². The summed E-state index contributed by atoms with van der Waals surface area (Å²) >= 11 is 0. The summed E-state index contributed by atoms with van der Waals surface area (Å²) in [5.74, 6) is 0.661. The van der Waals surface area contributed by atoms with Crippen molar-refractivity contribution in [2.75, 3.05) is 26.2 Å². The first-order chi connectivity index (χ1) is 18.0. The molecule has 2 amide bonds. The van der Waals surface area contributed by atoms with Crippen molar-refractivity contribution in [3.63, 3.8) is 0 Å². The summed E-state index contributed by atoms with van der Waals surface area (Å²) in [6, 6.07) is 19.6. The maximum absolute atomic E-state index is 13.9. The SMILES string of the molecule is Cc1c(C(=O)N(C(C)C)[C@@H]2CCCNC2)cc(OCCNC(=O)OCc2ccccc2)c2ccccc12. The predicted molar refractivity (Wildman–Crippen MR) is 146 cm³/mol. The smallest absolute Gasteiger partial charge is 0.407 e. The Morgan fingerprint density at radius 3 is 2.51 bits per heavy atom. The fourth-order valence-corrected chi connectivity index (χ4v) is 4.95. The first-order valence-electron chi connectivity index (χ1n) is 13.1. The van der Waals surface area contributed by atoms with E-state index in [0.29, 0.717) is 11.3 Å². The second kappa shape index (κ2) is 12.6. The first-order valence-corrected chi connectivity index (χ1v) is 13.1. The van der Waals surface area contributed by atoms with Crippen LogP contribution < -0.4 is 15.4 Å². The molecule has 0 aliphatic carbocycles. The standard InChI is InChI=1S/C30H37N3O4/c1-21(2)33(24-12-9-15-31-19-24)29(34)27-18-28(26-14-8-7-13-25(26)22(27)3)36-17-16-32-30(35)37-20-23-10-5-4-6-11-23/h4-8,10-11,13-14,18,21,24,31H,9,12,15-17,19-20H2,1-3H3,(H,32,35)/t24-/m1/s1. The number of amides is 2. The highest BCUT2D eigenvalue weighted by atomic mass is 16.5. The Bertz CT molecular complexity index is 1210. The number of alkyl carbamates (subject to hydrolysis) is 1. The number of hydrogen-bond acceptors (Lipinski definition) is 5. The van der Waals surface area contributed by atoms with E-state index in [1.807, 2.05) is 72.5 Å². The molecule has 1 atom stereocenters. The minimum atomic E-state index is -0.495. The lowest BCUT2D eigenvalue weighted by molar-refractivity contribution is 0.0572. The lowest BCUT2D eigenvalue weighted by Gasteiger charge is -2.38. The second-order valence-electron chi connectivity index (χ2n) is 9.74. The number of rotatable bonds is 9. The van der Waals surface area contributed by atoms with Crippen molar-refractivity contribution in [3.05, 3.63) is 77.4 Å². The second-order valence-corrected chi connectivity index (χ2v) is 9.74. The molecule has 1 heterocycles. The number of nitrogens with one attached hydrogen (secondary N) is 2. The van der Waals surface area contributed by atoms with Gasteiger partial charge >= 0.3 is 6.09 Å². The van der Waals surface area contributed by atoms with Gasteiger partial charge in [-0.05, 0) is 62.7 Å². The Morgan fingerprint density at radius 1 is 1.08 bits per heavy atom. The molecule has 0 unspecified atom stereocenters. The number of carbonyl (C=O) groups is 2. The molecule has 2 N–H and O–H groups in total. The van der Waals surface area contributed by atoms with Gasteiger partial charge in [0.1, 0.15) is 19.0 Å². The first kappa shape index (κ1) is 26.5. The van der Waals surface area contributed by atoms with E-state index in [0.717, 1.165) is 47.8 Å². The monoisotopic (exact) mass is 503 g/mol. The van der Waals surface area contributed by atoms with Gasteiger partial charge in [-0.1, -0.05) is 54.6 Å². The van der Waals surface area contributed by atoms with Gasteiger partial charge in [-0.25, -0.2) is 4.79 Å². The van der Waals surface area contributed by atoms with E-state index in [4.69, 9.17) is 9.47 Å². The van der Waals surface area contributed by atoms with Gasteiger partial charge < -0.3 is 25.0 Å². The fourth-order valence-electron chi connectivity index (χ4n) is 4.95. The van der Waals surface area contributed by atoms with Crippen molar-refractivity contribution in [1.82, 2.24) is 15.5 Å². The van der Waals surface area contributed by atoms with E-state index in [1.54, 1.807) is 0 Å². The minimum absolute atomic E-state index is 0.0272. The van der Waals surface area contributed by atoms with Gasteiger partial charge in [-0.15, -0.1) is 0 Å². The van der Waals surface area contributed by atoms with Crippen LogP contribution in [0.2, 0.25) is 0 Å². The lowest BCUT2D eigenvalue weighted by atomic mass is 9.96. The zero-order valence-electron chi connectivity index (χ0n) is 22.0. The zero-order chi connectivity index (χ0) is 26.2. The lowest BCUT2D eigenvalue weighted by Crippen LogP contribution is -2.51. The van der Waals surface area contributed by atoms with Crippen LogP contribution in [-0.4, -0.2) is 55.2 Å². The van der Waals surface area contributed by atoms with Crippen LogP contribution in [0.25, 0.3) is 10.8 Å². The maximum Gasteiger partial charge on any atom is 0.407 e. The number of carbonyl (C=O) groups excluding carboxylic acids is 2. The molecule has 3 aromatic rings. The van der Waals surface area contributed by atoms with Crippen LogP contribution in [0.4, 0.5) is 4.79 Å². The van der Waals surface area contributed by atoms with Crippen LogP contribution in [0.5, 0.6) is 5.75 Å². The van der Waals surface area contributed by atoms with Crippen LogP contribution in [0.1, 0.15) is 48.2 Å². The molecular weight excluding hydrogens is 466 g/mol. The van der Waals surface area contributed by atoms with Gasteiger partial charge in [0, 0.05) is 29.6 Å². The third-order valence-corrected chi connectivity index (χ3v) is 6.80. The molecule has 196 valence electrons. The fraction of sp³-hybridized carbons (Fsp3) is 0.400. The summed E-state index contributed by atoms with van der Waals surface area (Å²) in [6.45, 7) is 8.70. The predicted octanol–water partition coefficient (Wildman–Crippen LogP) is 5.06. The van der Waals surface area contributed by atoms with E-state index in [2.05, 4.69) is 24.5 Å². The Morgan fingerprint density at radius 2 is 1.81 bits per heavy atom. The van der Waals surface area contributed by atoms with Crippen LogP contribution in [-0.2, 0) is 11.3 Å². The molecule has 0 spiro atoms. The van der Waals surface area contributed by atoms with E-state index in [1.165, 1.54) is 0 Å². The molecule has 1 aliphatic rings. The summed E-state index contributed by atoms with van der Waals surface area (Å²) in [5, 5.41) is 8.09. The highest BCUT2D eigenvalue weighted by Crippen LogP contribution is 2.33. The van der Waals surface area contributed by atoms with Crippen molar-refractivity contribution in [1.29, 1.82) is 0 Å². The molecule has 0 aromatic heterocycles. The molecule has 1 aliphatic heterocycles. The van der Waals surface area contributed by atoms with Crippen LogP contribution in [0.3, 0.4) is 0 Å². The minimum Gasteiger partial charge on any atom is -0.491 e. The molecule has 0 saturated carbocycles. The van der Waals surface area contributed by atoms with Gasteiger partial charge in [0.25, 0.3) is 5.91 Å². The number of hydrogen-bond donors (Lipinski definition) is 2. The number of ether oxygens (including phenoxy) is 2. The Hall–Kier alpha value is -3.58.